The Kier molecular flexibility index (Phi) is 8.44. The third-order valence-corrected chi connectivity index (χ3v) is 6.98. The Morgan fingerprint density at radius 2 is 1.48 bits per heavy atom. The third-order valence-electron chi connectivity index (χ3n) is 6.98. The molecule has 0 spiro atoms. The van der Waals surface area contributed by atoms with Crippen LogP contribution in [-0.4, -0.2) is 12.2 Å². The lowest BCUT2D eigenvalue weighted by atomic mass is 9.74. The average Bonchev–Trinajstić information content (AvgIpc) is 3.38. The number of epoxide rings is 1. The molecule has 1 heterocycles. The summed E-state index contributed by atoms with van der Waals surface area (Å²) >= 11 is 0. The van der Waals surface area contributed by atoms with Crippen LogP contribution in [0.2, 0.25) is 0 Å². The van der Waals surface area contributed by atoms with Crippen molar-refractivity contribution in [1.29, 1.82) is 0 Å². The summed E-state index contributed by atoms with van der Waals surface area (Å²) < 4.78 is 5.41. The molecule has 23 heavy (non-hydrogen) atoms. The standard InChI is InChI=1S/C14H28.C8H14O/c1-4-6-7-12(3)14-10-8-13(5-2)9-11-14;1-2-6-3-4-7-8(5-6)9-7/h12-14H,4-11H2,1-3H3;6-8H,2-5H2,1H3. The van der Waals surface area contributed by atoms with Crippen LogP contribution in [0.1, 0.15) is 105 Å². The summed E-state index contributed by atoms with van der Waals surface area (Å²) in [7, 11) is 0. The second-order valence-electron chi connectivity index (χ2n) is 8.61. The van der Waals surface area contributed by atoms with Gasteiger partial charge in [-0.2, -0.15) is 0 Å². The molecule has 4 atom stereocenters. The van der Waals surface area contributed by atoms with Gasteiger partial charge in [0.25, 0.3) is 0 Å². The van der Waals surface area contributed by atoms with Crippen LogP contribution in [-0.2, 0) is 4.74 Å². The van der Waals surface area contributed by atoms with Crippen LogP contribution in [0.4, 0.5) is 0 Å². The van der Waals surface area contributed by atoms with Gasteiger partial charge in [-0.3, -0.25) is 0 Å². The number of ether oxygens (including phenoxy) is 1. The summed E-state index contributed by atoms with van der Waals surface area (Å²) in [6.07, 6.45) is 18.6. The van der Waals surface area contributed by atoms with E-state index in [0.717, 1.165) is 23.7 Å². The zero-order valence-electron chi connectivity index (χ0n) is 16.4. The van der Waals surface area contributed by atoms with Gasteiger partial charge in [0.2, 0.25) is 0 Å². The fourth-order valence-corrected chi connectivity index (χ4v) is 4.78. The van der Waals surface area contributed by atoms with Crippen LogP contribution in [0, 0.1) is 23.7 Å². The fraction of sp³-hybridized carbons (Fsp3) is 1.00. The van der Waals surface area contributed by atoms with E-state index in [4.69, 9.17) is 4.74 Å². The summed E-state index contributed by atoms with van der Waals surface area (Å²) in [6, 6.07) is 0. The predicted molar refractivity (Wildman–Crippen MR) is 101 cm³/mol. The highest BCUT2D eigenvalue weighted by Gasteiger charge is 2.43. The summed E-state index contributed by atoms with van der Waals surface area (Å²) in [6.45, 7) is 9.42. The molecule has 0 amide bonds. The molecule has 1 aliphatic heterocycles. The third kappa shape index (κ3) is 6.40. The highest BCUT2D eigenvalue weighted by molar-refractivity contribution is 4.91. The van der Waals surface area contributed by atoms with E-state index in [-0.39, 0.29) is 0 Å². The summed E-state index contributed by atoms with van der Waals surface area (Å²) in [4.78, 5) is 0. The molecule has 0 aromatic rings. The van der Waals surface area contributed by atoms with Gasteiger partial charge in [0.05, 0.1) is 12.2 Å². The van der Waals surface area contributed by atoms with Crippen LogP contribution < -0.4 is 0 Å². The van der Waals surface area contributed by atoms with Crippen LogP contribution in [0.3, 0.4) is 0 Å². The van der Waals surface area contributed by atoms with Crippen molar-refractivity contribution in [3.63, 3.8) is 0 Å². The van der Waals surface area contributed by atoms with Crippen molar-refractivity contribution in [2.45, 2.75) is 117 Å². The lowest BCUT2D eigenvalue weighted by Crippen LogP contribution is -2.19. The smallest absolute Gasteiger partial charge is 0.0844 e. The Hall–Kier alpha value is -0.0400. The van der Waals surface area contributed by atoms with Gasteiger partial charge in [0.15, 0.2) is 0 Å². The van der Waals surface area contributed by atoms with E-state index in [0.29, 0.717) is 12.2 Å². The zero-order chi connectivity index (χ0) is 16.7. The van der Waals surface area contributed by atoms with E-state index >= 15 is 0 Å². The van der Waals surface area contributed by atoms with Crippen LogP contribution in [0.15, 0.2) is 0 Å². The molecule has 2 saturated carbocycles. The SMILES string of the molecule is CCC1CCC2OC2C1.CCCCC(C)C1CCC(CC)CC1. The number of unbranched alkanes of at least 4 members (excludes halogenated alkanes) is 1. The lowest BCUT2D eigenvalue weighted by Gasteiger charge is -2.31. The maximum atomic E-state index is 5.41. The largest absolute Gasteiger partial charge is 0.370 e. The summed E-state index contributed by atoms with van der Waals surface area (Å²) in [5.41, 5.74) is 0. The van der Waals surface area contributed by atoms with Gasteiger partial charge in [-0.25, -0.2) is 0 Å². The molecule has 0 aromatic carbocycles. The van der Waals surface area contributed by atoms with Crippen molar-refractivity contribution in [3.05, 3.63) is 0 Å². The van der Waals surface area contributed by atoms with Gasteiger partial charge in [-0.05, 0) is 55.8 Å². The first-order valence-corrected chi connectivity index (χ1v) is 10.8. The second kappa shape index (κ2) is 10.1. The van der Waals surface area contributed by atoms with E-state index < -0.39 is 0 Å². The van der Waals surface area contributed by atoms with Gasteiger partial charge in [-0.15, -0.1) is 0 Å². The van der Waals surface area contributed by atoms with Gasteiger partial charge in [0.1, 0.15) is 0 Å². The highest BCUT2D eigenvalue weighted by atomic mass is 16.6. The van der Waals surface area contributed by atoms with Crippen molar-refractivity contribution in [1.82, 2.24) is 0 Å². The Morgan fingerprint density at radius 3 is 2.04 bits per heavy atom. The molecule has 2 aliphatic carbocycles. The topological polar surface area (TPSA) is 12.5 Å². The molecule has 0 bridgehead atoms. The van der Waals surface area contributed by atoms with Crippen molar-refractivity contribution < 1.29 is 4.74 Å². The minimum atomic E-state index is 0.684. The molecular formula is C22H42O. The molecule has 136 valence electrons. The summed E-state index contributed by atoms with van der Waals surface area (Å²) in [5.74, 6) is 4.09. The summed E-state index contributed by atoms with van der Waals surface area (Å²) in [5, 5.41) is 0. The minimum absolute atomic E-state index is 0.684. The number of hydrogen-bond acceptors (Lipinski definition) is 1. The number of hydrogen-bond donors (Lipinski definition) is 0. The quantitative estimate of drug-likeness (QED) is 0.480. The molecule has 1 saturated heterocycles. The molecule has 3 rings (SSSR count). The lowest BCUT2D eigenvalue weighted by molar-refractivity contribution is 0.202. The molecule has 1 nitrogen and oxygen atoms in total. The fourth-order valence-electron chi connectivity index (χ4n) is 4.78. The normalized spacial score (nSPS) is 37.3. The Labute approximate surface area is 146 Å². The van der Waals surface area contributed by atoms with E-state index in [1.54, 1.807) is 0 Å². The molecule has 1 heteroatoms. The maximum absolute atomic E-state index is 5.41. The molecule has 0 aromatic heterocycles. The first-order chi connectivity index (χ1) is 11.2. The zero-order valence-corrected chi connectivity index (χ0v) is 16.4. The molecule has 0 N–H and O–H groups in total. The molecule has 0 radical (unpaired) electrons. The van der Waals surface area contributed by atoms with Crippen molar-refractivity contribution in [2.24, 2.45) is 23.7 Å². The Bertz CT molecular complexity index is 305. The van der Waals surface area contributed by atoms with E-state index in [2.05, 4.69) is 27.7 Å². The minimum Gasteiger partial charge on any atom is -0.370 e. The first-order valence-electron chi connectivity index (χ1n) is 10.8. The van der Waals surface area contributed by atoms with Crippen LogP contribution in [0.25, 0.3) is 0 Å². The molecule has 4 unspecified atom stereocenters. The van der Waals surface area contributed by atoms with Gasteiger partial charge in [-0.1, -0.05) is 72.6 Å². The second-order valence-corrected chi connectivity index (χ2v) is 8.61. The molecule has 3 aliphatic rings. The van der Waals surface area contributed by atoms with E-state index in [1.165, 1.54) is 77.0 Å². The van der Waals surface area contributed by atoms with E-state index in [1.807, 2.05) is 0 Å². The molecule has 3 fully saturated rings. The van der Waals surface area contributed by atoms with Crippen molar-refractivity contribution in [3.8, 4) is 0 Å². The van der Waals surface area contributed by atoms with Crippen molar-refractivity contribution >= 4 is 0 Å². The van der Waals surface area contributed by atoms with Crippen LogP contribution in [0.5, 0.6) is 0 Å². The van der Waals surface area contributed by atoms with Crippen molar-refractivity contribution in [2.75, 3.05) is 0 Å². The van der Waals surface area contributed by atoms with Gasteiger partial charge < -0.3 is 4.74 Å². The van der Waals surface area contributed by atoms with Gasteiger partial charge in [0, 0.05) is 0 Å². The number of fused-ring (bicyclic) bond motifs is 1. The maximum Gasteiger partial charge on any atom is 0.0844 e. The monoisotopic (exact) mass is 322 g/mol. The highest BCUT2D eigenvalue weighted by Crippen LogP contribution is 2.40. The predicted octanol–water partition coefficient (Wildman–Crippen LogP) is 6.99. The average molecular weight is 323 g/mol. The Balaban J connectivity index is 0.000000182. The number of rotatable bonds is 6. The van der Waals surface area contributed by atoms with Gasteiger partial charge >= 0.3 is 0 Å². The Morgan fingerprint density at radius 1 is 0.826 bits per heavy atom. The molecular weight excluding hydrogens is 280 g/mol. The first kappa shape index (κ1) is 19.3. The van der Waals surface area contributed by atoms with Crippen LogP contribution >= 0.6 is 0 Å². The van der Waals surface area contributed by atoms with E-state index in [9.17, 15) is 0 Å².